The zero-order chi connectivity index (χ0) is 6.53. The molecular formula is C9H15. The maximum Gasteiger partial charge on any atom is -0.0317 e. The minimum Gasteiger partial charge on any atom is -0.0702 e. The van der Waals surface area contributed by atoms with Crippen LogP contribution in [0.4, 0.5) is 0 Å². The summed E-state index contributed by atoms with van der Waals surface area (Å²) in [4.78, 5) is 0. The number of hydrogen-bond donors (Lipinski definition) is 0. The summed E-state index contributed by atoms with van der Waals surface area (Å²) in [6.07, 6.45) is 9.21. The van der Waals surface area contributed by atoms with Gasteiger partial charge in [-0.3, -0.25) is 0 Å². The smallest absolute Gasteiger partial charge is 0.0317 e. The molecule has 1 aliphatic rings. The average molecular weight is 123 g/mol. The van der Waals surface area contributed by atoms with Crippen molar-refractivity contribution in [2.24, 2.45) is 0 Å². The van der Waals surface area contributed by atoms with Gasteiger partial charge in [0.1, 0.15) is 0 Å². The molecule has 0 heterocycles. The van der Waals surface area contributed by atoms with Gasteiger partial charge in [0.05, 0.1) is 0 Å². The highest BCUT2D eigenvalue weighted by Gasteiger charge is 1.99. The summed E-state index contributed by atoms with van der Waals surface area (Å²) in [5, 5.41) is 0. The van der Waals surface area contributed by atoms with Gasteiger partial charge in [-0.05, 0) is 25.7 Å². The van der Waals surface area contributed by atoms with E-state index in [1.165, 1.54) is 50.5 Å². The first kappa shape index (κ1) is 6.85. The van der Waals surface area contributed by atoms with Crippen LogP contribution in [0.15, 0.2) is 5.57 Å². The first-order chi connectivity index (χ1) is 4.39. The standard InChI is InChI=1S/C9H15/c1-9-7-5-3-2-4-6-8-9/h1H,2-8H2. The average Bonchev–Trinajstić information content (AvgIpc) is 1.79. The van der Waals surface area contributed by atoms with Crippen molar-refractivity contribution in [2.45, 2.75) is 44.9 Å². The van der Waals surface area contributed by atoms with Gasteiger partial charge in [0.25, 0.3) is 0 Å². The summed E-state index contributed by atoms with van der Waals surface area (Å²) in [7, 11) is 0. The monoisotopic (exact) mass is 123 g/mol. The molecule has 0 atom stereocenters. The SMILES string of the molecule is [CH]=C1CCCCCCC1. The van der Waals surface area contributed by atoms with Gasteiger partial charge in [-0.25, -0.2) is 0 Å². The molecule has 1 saturated carbocycles. The van der Waals surface area contributed by atoms with Gasteiger partial charge in [0.15, 0.2) is 0 Å². The Morgan fingerprint density at radius 2 is 1.22 bits per heavy atom. The van der Waals surface area contributed by atoms with E-state index in [0.29, 0.717) is 0 Å². The maximum absolute atomic E-state index is 5.72. The van der Waals surface area contributed by atoms with E-state index in [0.717, 1.165) is 0 Å². The van der Waals surface area contributed by atoms with E-state index in [2.05, 4.69) is 0 Å². The lowest BCUT2D eigenvalue weighted by molar-refractivity contribution is 0.569. The second kappa shape index (κ2) is 3.71. The number of allylic oxidation sites excluding steroid dienone is 1. The van der Waals surface area contributed by atoms with E-state index in [-0.39, 0.29) is 0 Å². The Morgan fingerprint density at radius 1 is 0.778 bits per heavy atom. The van der Waals surface area contributed by atoms with Crippen LogP contribution in [0.25, 0.3) is 0 Å². The van der Waals surface area contributed by atoms with Crippen LogP contribution in [-0.4, -0.2) is 0 Å². The molecule has 9 heavy (non-hydrogen) atoms. The molecule has 0 heteroatoms. The Balaban J connectivity index is 2.20. The third-order valence-electron chi connectivity index (χ3n) is 2.00. The Labute approximate surface area is 58.0 Å². The van der Waals surface area contributed by atoms with Crippen molar-refractivity contribution >= 4 is 0 Å². The normalized spacial score (nSPS) is 22.9. The van der Waals surface area contributed by atoms with Crippen LogP contribution in [0.5, 0.6) is 0 Å². The lowest BCUT2D eigenvalue weighted by Crippen LogP contribution is -1.89. The van der Waals surface area contributed by atoms with E-state index < -0.39 is 0 Å². The van der Waals surface area contributed by atoms with Crippen LogP contribution in [0.3, 0.4) is 0 Å². The van der Waals surface area contributed by atoms with Gasteiger partial charge >= 0.3 is 0 Å². The zero-order valence-corrected chi connectivity index (χ0v) is 6.03. The second-order valence-corrected chi connectivity index (χ2v) is 2.93. The van der Waals surface area contributed by atoms with Gasteiger partial charge in [-0.1, -0.05) is 31.4 Å². The fraction of sp³-hybridized carbons (Fsp3) is 0.778. The second-order valence-electron chi connectivity index (χ2n) is 2.93. The van der Waals surface area contributed by atoms with E-state index >= 15 is 0 Å². The highest BCUT2D eigenvalue weighted by atomic mass is 14.1. The molecule has 0 N–H and O–H groups in total. The Bertz CT molecular complexity index is 82.2. The van der Waals surface area contributed by atoms with Crippen LogP contribution in [0.1, 0.15) is 44.9 Å². The summed E-state index contributed by atoms with van der Waals surface area (Å²) >= 11 is 0. The molecule has 0 saturated heterocycles. The summed E-state index contributed by atoms with van der Waals surface area (Å²) in [5.74, 6) is 0. The predicted octanol–water partition coefficient (Wildman–Crippen LogP) is 3.09. The topological polar surface area (TPSA) is 0 Å². The fourth-order valence-electron chi connectivity index (χ4n) is 1.36. The molecule has 1 radical (unpaired) electrons. The molecule has 0 unspecified atom stereocenters. The molecule has 1 rings (SSSR count). The largest absolute Gasteiger partial charge is 0.0702 e. The quantitative estimate of drug-likeness (QED) is 0.464. The Kier molecular flexibility index (Phi) is 2.82. The molecule has 0 aromatic rings. The first-order valence-electron chi connectivity index (χ1n) is 4.00. The predicted molar refractivity (Wildman–Crippen MR) is 40.1 cm³/mol. The zero-order valence-electron chi connectivity index (χ0n) is 6.03. The fourth-order valence-corrected chi connectivity index (χ4v) is 1.36. The molecule has 0 nitrogen and oxygen atoms in total. The van der Waals surface area contributed by atoms with Crippen molar-refractivity contribution in [3.8, 4) is 0 Å². The van der Waals surface area contributed by atoms with Crippen molar-refractivity contribution in [1.29, 1.82) is 0 Å². The van der Waals surface area contributed by atoms with Gasteiger partial charge in [0.2, 0.25) is 0 Å². The van der Waals surface area contributed by atoms with E-state index in [9.17, 15) is 0 Å². The van der Waals surface area contributed by atoms with Crippen molar-refractivity contribution in [3.05, 3.63) is 12.2 Å². The molecule has 0 aromatic carbocycles. The summed E-state index contributed by atoms with van der Waals surface area (Å²) in [6.45, 7) is 5.72. The van der Waals surface area contributed by atoms with Gasteiger partial charge in [-0.15, -0.1) is 0 Å². The van der Waals surface area contributed by atoms with Crippen LogP contribution >= 0.6 is 0 Å². The lowest BCUT2D eigenvalue weighted by Gasteiger charge is -2.08. The Hall–Kier alpha value is -0.260. The van der Waals surface area contributed by atoms with Crippen molar-refractivity contribution < 1.29 is 0 Å². The summed E-state index contributed by atoms with van der Waals surface area (Å²) < 4.78 is 0. The van der Waals surface area contributed by atoms with E-state index in [1.807, 2.05) is 0 Å². The molecule has 0 amide bonds. The highest BCUT2D eigenvalue weighted by Crippen LogP contribution is 2.19. The van der Waals surface area contributed by atoms with Crippen molar-refractivity contribution in [2.75, 3.05) is 0 Å². The molecule has 0 aliphatic heterocycles. The summed E-state index contributed by atoms with van der Waals surface area (Å²) in [5.41, 5.74) is 1.23. The third kappa shape index (κ3) is 2.69. The number of rotatable bonds is 0. The van der Waals surface area contributed by atoms with Crippen LogP contribution in [-0.2, 0) is 0 Å². The molecule has 51 valence electrons. The Morgan fingerprint density at radius 3 is 1.78 bits per heavy atom. The molecular weight excluding hydrogens is 108 g/mol. The van der Waals surface area contributed by atoms with Gasteiger partial charge < -0.3 is 0 Å². The van der Waals surface area contributed by atoms with Crippen molar-refractivity contribution in [1.82, 2.24) is 0 Å². The molecule has 1 aliphatic carbocycles. The molecule has 0 aromatic heterocycles. The summed E-state index contributed by atoms with van der Waals surface area (Å²) in [6, 6.07) is 0. The van der Waals surface area contributed by atoms with Gasteiger partial charge in [0, 0.05) is 0 Å². The first-order valence-corrected chi connectivity index (χ1v) is 4.00. The lowest BCUT2D eigenvalue weighted by atomic mass is 9.98. The number of hydrogen-bond acceptors (Lipinski definition) is 0. The minimum atomic E-state index is 1.18. The highest BCUT2D eigenvalue weighted by molar-refractivity contribution is 4.91. The van der Waals surface area contributed by atoms with Crippen molar-refractivity contribution in [3.63, 3.8) is 0 Å². The van der Waals surface area contributed by atoms with Crippen LogP contribution in [0.2, 0.25) is 0 Å². The van der Waals surface area contributed by atoms with E-state index in [4.69, 9.17) is 6.58 Å². The molecule has 0 spiro atoms. The van der Waals surface area contributed by atoms with E-state index in [1.54, 1.807) is 0 Å². The minimum absolute atomic E-state index is 1.18. The maximum atomic E-state index is 5.72. The molecule has 1 fully saturated rings. The van der Waals surface area contributed by atoms with Gasteiger partial charge in [-0.2, -0.15) is 0 Å². The third-order valence-corrected chi connectivity index (χ3v) is 2.00. The molecule has 0 bridgehead atoms. The van der Waals surface area contributed by atoms with Crippen LogP contribution in [0, 0.1) is 6.58 Å². The van der Waals surface area contributed by atoms with Crippen LogP contribution < -0.4 is 0 Å².